The van der Waals surface area contributed by atoms with Gasteiger partial charge in [-0.2, -0.15) is 0 Å². The van der Waals surface area contributed by atoms with E-state index in [4.69, 9.17) is 0 Å². The average Bonchev–Trinajstić information content (AvgIpc) is 3.09. The quantitative estimate of drug-likeness (QED) is 0.782. The third kappa shape index (κ3) is 2.48. The molecule has 6 heteroatoms. The Labute approximate surface area is 137 Å². The number of fused-ring (bicyclic) bond motifs is 3. The van der Waals surface area contributed by atoms with Gasteiger partial charge in [0.25, 0.3) is 0 Å². The summed E-state index contributed by atoms with van der Waals surface area (Å²) in [5.41, 5.74) is 1.76. The van der Waals surface area contributed by atoms with Crippen LogP contribution in [0.2, 0.25) is 0 Å². The van der Waals surface area contributed by atoms with Crippen molar-refractivity contribution in [2.24, 2.45) is 0 Å². The average molecular weight is 329 g/mol. The van der Waals surface area contributed by atoms with Crippen LogP contribution >= 0.6 is 0 Å². The molecule has 1 saturated heterocycles. The van der Waals surface area contributed by atoms with Gasteiger partial charge in [-0.25, -0.2) is 13.6 Å². The number of hydrogen-bond donors (Lipinski definition) is 1. The number of urea groups is 1. The summed E-state index contributed by atoms with van der Waals surface area (Å²) in [7, 11) is 0. The van der Waals surface area contributed by atoms with Gasteiger partial charge in [0.15, 0.2) is 0 Å². The van der Waals surface area contributed by atoms with Crippen LogP contribution < -0.4 is 5.32 Å². The number of aromatic nitrogens is 1. The van der Waals surface area contributed by atoms with E-state index in [2.05, 4.69) is 9.88 Å². The van der Waals surface area contributed by atoms with Gasteiger partial charge >= 0.3 is 6.03 Å². The van der Waals surface area contributed by atoms with Crippen molar-refractivity contribution in [2.75, 3.05) is 19.6 Å². The molecule has 0 aliphatic carbocycles. The molecule has 1 N–H and O–H groups in total. The van der Waals surface area contributed by atoms with E-state index in [9.17, 15) is 13.6 Å². The molecule has 1 fully saturated rings. The summed E-state index contributed by atoms with van der Waals surface area (Å²) in [6.07, 6.45) is 0.779. The Kier molecular flexibility index (Phi) is 3.59. The SMILES string of the molecule is O=C1NCCN1CCCn1c2ccc(F)cc2c2cc(F)ccc21. The van der Waals surface area contributed by atoms with E-state index in [0.717, 1.165) is 24.0 Å². The fraction of sp³-hybridized carbons (Fsp3) is 0.278. The normalized spacial score (nSPS) is 14.8. The summed E-state index contributed by atoms with van der Waals surface area (Å²) >= 11 is 0. The minimum atomic E-state index is -0.334. The van der Waals surface area contributed by atoms with Gasteiger partial charge in [0, 0.05) is 48.0 Å². The van der Waals surface area contributed by atoms with E-state index in [1.165, 1.54) is 24.3 Å². The van der Waals surface area contributed by atoms with Gasteiger partial charge in [-0.1, -0.05) is 0 Å². The second-order valence-corrected chi connectivity index (χ2v) is 6.05. The maximum Gasteiger partial charge on any atom is 0.317 e. The van der Waals surface area contributed by atoms with Crippen molar-refractivity contribution in [1.82, 2.24) is 14.8 Å². The lowest BCUT2D eigenvalue weighted by molar-refractivity contribution is 0.216. The Balaban J connectivity index is 1.69. The smallest absolute Gasteiger partial charge is 0.317 e. The molecule has 3 aromatic rings. The second-order valence-electron chi connectivity index (χ2n) is 6.05. The van der Waals surface area contributed by atoms with Crippen molar-refractivity contribution in [3.8, 4) is 0 Å². The first-order valence-electron chi connectivity index (χ1n) is 8.03. The van der Waals surface area contributed by atoms with Crippen LogP contribution in [0.3, 0.4) is 0 Å². The lowest BCUT2D eigenvalue weighted by Crippen LogP contribution is -2.29. The van der Waals surface area contributed by atoms with Gasteiger partial charge in [-0.3, -0.25) is 0 Å². The maximum absolute atomic E-state index is 13.6. The molecule has 4 nitrogen and oxygen atoms in total. The largest absolute Gasteiger partial charge is 0.340 e. The molecule has 0 radical (unpaired) electrons. The number of carbonyl (C=O) groups is 1. The Hall–Kier alpha value is -2.63. The van der Waals surface area contributed by atoms with E-state index in [1.807, 2.05) is 0 Å². The molecular formula is C18H17F2N3O. The zero-order chi connectivity index (χ0) is 16.7. The van der Waals surface area contributed by atoms with Crippen molar-refractivity contribution >= 4 is 27.8 Å². The summed E-state index contributed by atoms with van der Waals surface area (Å²) in [6.45, 7) is 2.76. The third-order valence-electron chi connectivity index (χ3n) is 4.54. The summed E-state index contributed by atoms with van der Waals surface area (Å²) in [5, 5.41) is 4.20. The number of nitrogens with one attached hydrogen (secondary N) is 1. The topological polar surface area (TPSA) is 37.3 Å². The molecule has 0 unspecified atom stereocenters. The molecular weight excluding hydrogens is 312 g/mol. The minimum absolute atomic E-state index is 0.0265. The highest BCUT2D eigenvalue weighted by Gasteiger charge is 2.19. The molecule has 124 valence electrons. The molecule has 0 spiro atoms. The van der Waals surface area contributed by atoms with Crippen LogP contribution in [0.4, 0.5) is 13.6 Å². The Morgan fingerprint density at radius 2 is 1.58 bits per heavy atom. The van der Waals surface area contributed by atoms with Gasteiger partial charge in [0.1, 0.15) is 11.6 Å². The van der Waals surface area contributed by atoms with E-state index in [1.54, 1.807) is 17.0 Å². The van der Waals surface area contributed by atoms with Crippen molar-refractivity contribution in [3.63, 3.8) is 0 Å². The Bertz CT molecular complexity index is 876. The zero-order valence-electron chi connectivity index (χ0n) is 13.1. The monoisotopic (exact) mass is 329 g/mol. The number of hydrogen-bond acceptors (Lipinski definition) is 1. The van der Waals surface area contributed by atoms with Crippen molar-refractivity contribution < 1.29 is 13.6 Å². The molecule has 2 amide bonds. The van der Waals surface area contributed by atoms with Gasteiger partial charge in [-0.15, -0.1) is 0 Å². The fourth-order valence-corrected chi connectivity index (χ4v) is 3.43. The van der Waals surface area contributed by atoms with Gasteiger partial charge in [0.05, 0.1) is 0 Å². The number of benzene rings is 2. The zero-order valence-corrected chi connectivity index (χ0v) is 13.1. The first-order valence-corrected chi connectivity index (χ1v) is 8.03. The highest BCUT2D eigenvalue weighted by atomic mass is 19.1. The summed E-state index contributed by atoms with van der Waals surface area (Å²) in [5.74, 6) is -0.668. The van der Waals surface area contributed by atoms with Gasteiger partial charge in [0.2, 0.25) is 0 Å². The van der Waals surface area contributed by atoms with E-state index in [-0.39, 0.29) is 17.7 Å². The van der Waals surface area contributed by atoms with Crippen LogP contribution in [-0.2, 0) is 6.54 Å². The Morgan fingerprint density at radius 3 is 2.12 bits per heavy atom. The summed E-state index contributed by atoms with van der Waals surface area (Å²) in [4.78, 5) is 13.4. The van der Waals surface area contributed by atoms with Crippen LogP contribution in [0.15, 0.2) is 36.4 Å². The molecule has 0 bridgehead atoms. The van der Waals surface area contributed by atoms with Gasteiger partial charge in [-0.05, 0) is 42.8 Å². The predicted octanol–water partition coefficient (Wildman–Crippen LogP) is 3.49. The van der Waals surface area contributed by atoms with E-state index >= 15 is 0 Å². The fourth-order valence-electron chi connectivity index (χ4n) is 3.43. The van der Waals surface area contributed by atoms with Crippen LogP contribution in [0, 0.1) is 11.6 Å². The minimum Gasteiger partial charge on any atom is -0.340 e. The van der Waals surface area contributed by atoms with Crippen LogP contribution in [0.5, 0.6) is 0 Å². The molecule has 2 heterocycles. The molecule has 4 rings (SSSR count). The highest BCUT2D eigenvalue weighted by molar-refractivity contribution is 6.08. The number of rotatable bonds is 4. The van der Waals surface area contributed by atoms with Crippen LogP contribution in [0.1, 0.15) is 6.42 Å². The molecule has 1 aliphatic rings. The van der Waals surface area contributed by atoms with Crippen molar-refractivity contribution in [1.29, 1.82) is 0 Å². The lowest BCUT2D eigenvalue weighted by atomic mass is 10.1. The van der Waals surface area contributed by atoms with E-state index in [0.29, 0.717) is 30.4 Å². The third-order valence-corrected chi connectivity index (χ3v) is 4.54. The maximum atomic E-state index is 13.6. The first kappa shape index (κ1) is 14.9. The van der Waals surface area contributed by atoms with Crippen LogP contribution in [-0.4, -0.2) is 35.1 Å². The molecule has 24 heavy (non-hydrogen) atoms. The molecule has 2 aromatic carbocycles. The van der Waals surface area contributed by atoms with Crippen molar-refractivity contribution in [2.45, 2.75) is 13.0 Å². The van der Waals surface area contributed by atoms with Crippen molar-refractivity contribution in [3.05, 3.63) is 48.0 Å². The first-order chi connectivity index (χ1) is 11.6. The Morgan fingerprint density at radius 1 is 0.958 bits per heavy atom. The number of nitrogens with zero attached hydrogens (tertiary/aromatic N) is 2. The summed E-state index contributed by atoms with van der Waals surface area (Å²) in [6, 6.07) is 9.16. The summed E-state index contributed by atoms with van der Waals surface area (Å²) < 4.78 is 29.3. The standard InChI is InChI=1S/C18H17F2N3O/c19-12-2-4-16-14(10-12)15-11-13(20)3-5-17(15)23(16)8-1-7-22-9-6-21-18(22)24/h2-5,10-11H,1,6-9H2,(H,21,24). The second kappa shape index (κ2) is 5.78. The van der Waals surface area contributed by atoms with E-state index < -0.39 is 0 Å². The molecule has 0 saturated carbocycles. The number of aryl methyl sites for hydroxylation is 1. The molecule has 1 aliphatic heterocycles. The number of amides is 2. The van der Waals surface area contributed by atoms with Gasteiger partial charge < -0.3 is 14.8 Å². The molecule has 1 aromatic heterocycles. The highest BCUT2D eigenvalue weighted by Crippen LogP contribution is 2.30. The van der Waals surface area contributed by atoms with Crippen LogP contribution in [0.25, 0.3) is 21.8 Å². The number of carbonyl (C=O) groups excluding carboxylic acids is 1. The number of halogens is 2. The lowest BCUT2D eigenvalue weighted by Gasteiger charge is -2.14. The predicted molar refractivity (Wildman–Crippen MR) is 88.9 cm³/mol. The molecule has 0 atom stereocenters.